The zero-order chi connectivity index (χ0) is 18.2. The third kappa shape index (κ3) is 6.31. The Hall–Kier alpha value is -2.20. The zero-order valence-corrected chi connectivity index (χ0v) is 15.1. The normalized spacial score (nSPS) is 9.72. The van der Waals surface area contributed by atoms with Crippen LogP contribution in [0.5, 0.6) is 0 Å². The summed E-state index contributed by atoms with van der Waals surface area (Å²) < 4.78 is 0. The molecule has 0 atom stereocenters. The van der Waals surface area contributed by atoms with Gasteiger partial charge in [-0.05, 0) is 35.9 Å². The summed E-state index contributed by atoms with van der Waals surface area (Å²) in [5.41, 5.74) is 0.306. The maximum Gasteiger partial charge on any atom is 0.277 e. The van der Waals surface area contributed by atoms with Crippen LogP contribution in [0.1, 0.15) is 21.0 Å². The second-order valence-corrected chi connectivity index (χ2v) is 6.06. The number of halogens is 3. The van der Waals surface area contributed by atoms with E-state index in [2.05, 4.69) is 30.7 Å². The lowest BCUT2D eigenvalue weighted by atomic mass is 10.4. The minimum Gasteiger partial charge on any atom is -0.296 e. The van der Waals surface area contributed by atoms with Gasteiger partial charge in [-0.25, -0.2) is 4.98 Å². The molecule has 0 aliphatic rings. The summed E-state index contributed by atoms with van der Waals surface area (Å²) in [7, 11) is 0. The highest BCUT2D eigenvalue weighted by Crippen LogP contribution is 2.11. The Morgan fingerprint density at radius 2 is 1.52 bits per heavy atom. The Kier molecular flexibility index (Phi) is 7.14. The van der Waals surface area contributed by atoms with Crippen LogP contribution in [0, 0.1) is 0 Å². The standard InChI is InChI=1S/C8H5ClN4OS.C5H2Cl2N2O/c9-6-2-1-5(12-13-6)7(14)11-8-10-3-4-15-8;6-4-2-1-3(5(7)10)8-9-4/h1-4H,(H,10,11,14);1-2H. The van der Waals surface area contributed by atoms with E-state index in [4.69, 9.17) is 34.8 Å². The van der Waals surface area contributed by atoms with Crippen LogP contribution in [0.3, 0.4) is 0 Å². The topological polar surface area (TPSA) is 111 Å². The third-order valence-electron chi connectivity index (χ3n) is 2.35. The number of thiazole rings is 1. The van der Waals surface area contributed by atoms with Crippen LogP contribution >= 0.6 is 46.1 Å². The van der Waals surface area contributed by atoms with Gasteiger partial charge >= 0.3 is 0 Å². The van der Waals surface area contributed by atoms with E-state index in [0.29, 0.717) is 5.13 Å². The predicted molar refractivity (Wildman–Crippen MR) is 94.3 cm³/mol. The van der Waals surface area contributed by atoms with Gasteiger partial charge in [0.1, 0.15) is 5.69 Å². The summed E-state index contributed by atoms with van der Waals surface area (Å²) in [6.07, 6.45) is 1.60. The van der Waals surface area contributed by atoms with Gasteiger partial charge in [-0.2, -0.15) is 0 Å². The van der Waals surface area contributed by atoms with Gasteiger partial charge in [0.2, 0.25) is 0 Å². The monoisotopic (exact) mass is 416 g/mol. The van der Waals surface area contributed by atoms with Crippen LogP contribution < -0.4 is 5.32 Å². The molecular formula is C13H7Cl3N6O2S. The Bertz CT molecular complexity index is 843. The third-order valence-corrected chi connectivity index (χ3v) is 3.64. The maximum atomic E-state index is 11.5. The molecule has 3 heterocycles. The Balaban J connectivity index is 0.000000196. The van der Waals surface area contributed by atoms with E-state index < -0.39 is 5.24 Å². The molecule has 0 bridgehead atoms. The molecule has 3 aromatic heterocycles. The average Bonchev–Trinajstić information content (AvgIpc) is 3.09. The Morgan fingerprint density at radius 1 is 0.920 bits per heavy atom. The molecule has 1 amide bonds. The molecule has 0 unspecified atom stereocenters. The van der Waals surface area contributed by atoms with E-state index in [9.17, 15) is 9.59 Å². The van der Waals surface area contributed by atoms with Crippen molar-refractivity contribution in [3.05, 3.63) is 57.5 Å². The molecule has 0 aliphatic heterocycles. The Labute approximate surface area is 160 Å². The van der Waals surface area contributed by atoms with Crippen molar-refractivity contribution in [2.75, 3.05) is 5.32 Å². The molecule has 128 valence electrons. The highest BCUT2D eigenvalue weighted by molar-refractivity contribution is 7.13. The molecule has 8 nitrogen and oxygen atoms in total. The SMILES string of the molecule is O=C(Cl)c1ccc(Cl)nn1.O=C(Nc1nccs1)c1ccc(Cl)nn1. The van der Waals surface area contributed by atoms with Gasteiger partial charge in [0, 0.05) is 11.6 Å². The first kappa shape index (κ1) is 19.1. The van der Waals surface area contributed by atoms with E-state index in [0.717, 1.165) is 0 Å². The molecule has 3 rings (SSSR count). The molecule has 0 fully saturated rings. The van der Waals surface area contributed by atoms with E-state index in [1.807, 2.05) is 0 Å². The number of nitrogens with one attached hydrogen (secondary N) is 1. The highest BCUT2D eigenvalue weighted by atomic mass is 35.5. The van der Waals surface area contributed by atoms with Crippen molar-refractivity contribution in [1.82, 2.24) is 25.4 Å². The van der Waals surface area contributed by atoms with Gasteiger partial charge < -0.3 is 0 Å². The molecule has 0 saturated heterocycles. The molecule has 0 aromatic carbocycles. The minimum absolute atomic E-state index is 0.103. The number of nitrogens with zero attached hydrogens (tertiary/aromatic N) is 5. The van der Waals surface area contributed by atoms with Crippen LogP contribution in [0.4, 0.5) is 5.13 Å². The van der Waals surface area contributed by atoms with Gasteiger partial charge in [-0.15, -0.1) is 31.7 Å². The summed E-state index contributed by atoms with van der Waals surface area (Å²) in [4.78, 5) is 25.8. The zero-order valence-electron chi connectivity index (χ0n) is 12.1. The molecule has 12 heteroatoms. The maximum absolute atomic E-state index is 11.5. The average molecular weight is 418 g/mol. The fourth-order valence-corrected chi connectivity index (χ4v) is 2.13. The number of aromatic nitrogens is 5. The first-order valence-corrected chi connectivity index (χ1v) is 8.36. The quantitative estimate of drug-likeness (QED) is 0.650. The first-order valence-electron chi connectivity index (χ1n) is 6.35. The van der Waals surface area contributed by atoms with Crippen molar-refractivity contribution in [3.8, 4) is 0 Å². The number of anilines is 1. The lowest BCUT2D eigenvalue weighted by Crippen LogP contribution is -2.13. The van der Waals surface area contributed by atoms with Gasteiger partial charge in [0.05, 0.1) is 0 Å². The largest absolute Gasteiger partial charge is 0.296 e. The number of hydrogen-bond acceptors (Lipinski definition) is 8. The molecule has 25 heavy (non-hydrogen) atoms. The van der Waals surface area contributed by atoms with E-state index >= 15 is 0 Å². The predicted octanol–water partition coefficient (Wildman–Crippen LogP) is 3.35. The van der Waals surface area contributed by atoms with Crippen LogP contribution in [-0.2, 0) is 0 Å². The number of hydrogen-bond donors (Lipinski definition) is 1. The number of carbonyl (C=O) groups excluding carboxylic acids is 2. The summed E-state index contributed by atoms with van der Waals surface area (Å²) >= 11 is 17.3. The smallest absolute Gasteiger partial charge is 0.277 e. The number of amides is 1. The van der Waals surface area contributed by atoms with Crippen molar-refractivity contribution in [2.24, 2.45) is 0 Å². The molecule has 3 aromatic rings. The molecule has 0 saturated carbocycles. The van der Waals surface area contributed by atoms with Gasteiger partial charge in [0.15, 0.2) is 21.1 Å². The van der Waals surface area contributed by atoms with Crippen molar-refractivity contribution < 1.29 is 9.59 Å². The second-order valence-electron chi connectivity index (χ2n) is 4.05. The molecule has 1 N–H and O–H groups in total. The van der Waals surface area contributed by atoms with Crippen molar-refractivity contribution in [3.63, 3.8) is 0 Å². The summed E-state index contributed by atoms with van der Waals surface area (Å²) in [6.45, 7) is 0. The van der Waals surface area contributed by atoms with Gasteiger partial charge in [-0.3, -0.25) is 14.9 Å². The van der Waals surface area contributed by atoms with Crippen molar-refractivity contribution in [2.45, 2.75) is 0 Å². The second kappa shape index (κ2) is 9.33. The molecule has 0 radical (unpaired) electrons. The molecule has 0 aliphatic carbocycles. The summed E-state index contributed by atoms with van der Waals surface area (Å²) in [5.74, 6) is -0.353. The fourth-order valence-electron chi connectivity index (χ4n) is 1.30. The van der Waals surface area contributed by atoms with Crippen molar-refractivity contribution >= 4 is 62.4 Å². The summed E-state index contributed by atoms with van der Waals surface area (Å²) in [5, 5.41) is 18.8. The van der Waals surface area contributed by atoms with Gasteiger partial charge in [0.25, 0.3) is 11.1 Å². The van der Waals surface area contributed by atoms with E-state index in [-0.39, 0.29) is 27.6 Å². The number of rotatable bonds is 3. The van der Waals surface area contributed by atoms with Crippen molar-refractivity contribution in [1.29, 1.82) is 0 Å². The number of carbonyl (C=O) groups is 2. The van der Waals surface area contributed by atoms with E-state index in [1.54, 1.807) is 11.6 Å². The van der Waals surface area contributed by atoms with Crippen LogP contribution in [-0.4, -0.2) is 36.5 Å². The van der Waals surface area contributed by atoms with Crippen LogP contribution in [0.15, 0.2) is 35.8 Å². The molecular weight excluding hydrogens is 411 g/mol. The van der Waals surface area contributed by atoms with Crippen LogP contribution in [0.25, 0.3) is 0 Å². The summed E-state index contributed by atoms with van der Waals surface area (Å²) in [6, 6.07) is 5.86. The molecule has 0 spiro atoms. The fraction of sp³-hybridized carbons (Fsp3) is 0. The lowest BCUT2D eigenvalue weighted by Gasteiger charge is -1.99. The van der Waals surface area contributed by atoms with E-state index in [1.165, 1.54) is 35.6 Å². The lowest BCUT2D eigenvalue weighted by molar-refractivity contribution is 0.102. The minimum atomic E-state index is -0.635. The first-order chi connectivity index (χ1) is 12.0. The van der Waals surface area contributed by atoms with Gasteiger partial charge in [-0.1, -0.05) is 23.2 Å². The van der Waals surface area contributed by atoms with Crippen LogP contribution in [0.2, 0.25) is 10.3 Å². The Morgan fingerprint density at radius 3 is 1.96 bits per heavy atom. The highest BCUT2D eigenvalue weighted by Gasteiger charge is 2.09.